The van der Waals surface area contributed by atoms with Crippen molar-refractivity contribution in [3.8, 4) is 17.2 Å². The van der Waals surface area contributed by atoms with Gasteiger partial charge >= 0.3 is 0 Å². The molecule has 1 saturated heterocycles. The molecule has 0 atom stereocenters. The highest BCUT2D eigenvalue weighted by molar-refractivity contribution is 5.49. The zero-order chi connectivity index (χ0) is 17.5. The Morgan fingerprint density at radius 1 is 0.720 bits per heavy atom. The normalized spacial score (nSPS) is 15.0. The number of methoxy groups -OCH3 is 2. The number of rotatable bonds is 7. The van der Waals surface area contributed by atoms with Crippen LogP contribution in [0.2, 0.25) is 0 Å². The standard InChI is InChI=1S/C20H26N2O3/c1-23-18-5-3-17(4-6-18)22-13-11-21(12-14-22)15-16-25-20-9-7-19(24-2)8-10-20/h3-10H,11-16H2,1-2H3. The van der Waals surface area contributed by atoms with Gasteiger partial charge in [-0.3, -0.25) is 4.90 Å². The molecule has 2 aromatic carbocycles. The highest BCUT2D eigenvalue weighted by Gasteiger charge is 2.17. The van der Waals surface area contributed by atoms with Crippen molar-refractivity contribution in [2.45, 2.75) is 0 Å². The highest BCUT2D eigenvalue weighted by Crippen LogP contribution is 2.20. The smallest absolute Gasteiger partial charge is 0.119 e. The van der Waals surface area contributed by atoms with Gasteiger partial charge in [-0.1, -0.05) is 0 Å². The zero-order valence-electron chi connectivity index (χ0n) is 15.0. The number of ether oxygens (including phenoxy) is 3. The summed E-state index contributed by atoms with van der Waals surface area (Å²) in [7, 11) is 3.36. The summed E-state index contributed by atoms with van der Waals surface area (Å²) in [5.74, 6) is 2.64. The lowest BCUT2D eigenvalue weighted by molar-refractivity contribution is 0.200. The molecule has 0 N–H and O–H groups in total. The molecule has 0 spiro atoms. The molecule has 5 nitrogen and oxygen atoms in total. The molecule has 0 unspecified atom stereocenters. The summed E-state index contributed by atoms with van der Waals surface area (Å²) in [5, 5.41) is 0. The van der Waals surface area contributed by atoms with Crippen molar-refractivity contribution in [1.29, 1.82) is 0 Å². The van der Waals surface area contributed by atoms with E-state index in [1.165, 1.54) is 5.69 Å². The maximum Gasteiger partial charge on any atom is 0.119 e. The van der Waals surface area contributed by atoms with E-state index in [-0.39, 0.29) is 0 Å². The second kappa shape index (κ2) is 8.62. The summed E-state index contributed by atoms with van der Waals surface area (Å²) in [4.78, 5) is 4.86. The summed E-state index contributed by atoms with van der Waals surface area (Å²) >= 11 is 0. The molecule has 0 aromatic heterocycles. The lowest BCUT2D eigenvalue weighted by Gasteiger charge is -2.36. The van der Waals surface area contributed by atoms with Crippen molar-refractivity contribution in [3.05, 3.63) is 48.5 Å². The van der Waals surface area contributed by atoms with Crippen LogP contribution in [0.3, 0.4) is 0 Å². The summed E-state index contributed by atoms with van der Waals surface area (Å²) in [6, 6.07) is 16.0. The summed E-state index contributed by atoms with van der Waals surface area (Å²) in [6.07, 6.45) is 0. The average Bonchev–Trinajstić information content (AvgIpc) is 2.69. The van der Waals surface area contributed by atoms with Crippen molar-refractivity contribution in [1.82, 2.24) is 4.90 Å². The molecule has 1 aliphatic heterocycles. The van der Waals surface area contributed by atoms with Gasteiger partial charge in [0.05, 0.1) is 14.2 Å². The van der Waals surface area contributed by atoms with Gasteiger partial charge in [-0.2, -0.15) is 0 Å². The van der Waals surface area contributed by atoms with E-state index in [0.29, 0.717) is 6.61 Å². The van der Waals surface area contributed by atoms with E-state index in [4.69, 9.17) is 14.2 Å². The molecule has 134 valence electrons. The first-order valence-corrected chi connectivity index (χ1v) is 8.67. The van der Waals surface area contributed by atoms with E-state index in [2.05, 4.69) is 21.9 Å². The molecule has 0 saturated carbocycles. The second-order valence-electron chi connectivity index (χ2n) is 6.05. The minimum Gasteiger partial charge on any atom is -0.497 e. The van der Waals surface area contributed by atoms with Crippen LogP contribution in [-0.4, -0.2) is 58.5 Å². The lowest BCUT2D eigenvalue weighted by atomic mass is 10.2. The molecule has 0 radical (unpaired) electrons. The lowest BCUT2D eigenvalue weighted by Crippen LogP contribution is -2.47. The molecule has 5 heteroatoms. The SMILES string of the molecule is COc1ccc(OCCN2CCN(c3ccc(OC)cc3)CC2)cc1. The number of nitrogens with zero attached hydrogens (tertiary/aromatic N) is 2. The van der Waals surface area contributed by atoms with Crippen LogP contribution in [0.15, 0.2) is 48.5 Å². The quantitative estimate of drug-likeness (QED) is 0.773. The van der Waals surface area contributed by atoms with Crippen LogP contribution >= 0.6 is 0 Å². The van der Waals surface area contributed by atoms with Crippen LogP contribution in [0.4, 0.5) is 5.69 Å². The Hall–Kier alpha value is -2.40. The maximum atomic E-state index is 5.82. The van der Waals surface area contributed by atoms with Crippen molar-refractivity contribution >= 4 is 5.69 Å². The number of piperazine rings is 1. The molecular weight excluding hydrogens is 316 g/mol. The molecule has 25 heavy (non-hydrogen) atoms. The Bertz CT molecular complexity index is 632. The molecule has 0 bridgehead atoms. The number of anilines is 1. The molecule has 1 aliphatic rings. The largest absolute Gasteiger partial charge is 0.497 e. The fraction of sp³-hybridized carbons (Fsp3) is 0.400. The molecule has 1 heterocycles. The molecule has 2 aromatic rings. The monoisotopic (exact) mass is 342 g/mol. The van der Waals surface area contributed by atoms with Crippen molar-refractivity contribution < 1.29 is 14.2 Å². The van der Waals surface area contributed by atoms with Crippen LogP contribution in [0.5, 0.6) is 17.2 Å². The van der Waals surface area contributed by atoms with Crippen LogP contribution in [0, 0.1) is 0 Å². The summed E-state index contributed by atoms with van der Waals surface area (Å²) < 4.78 is 16.2. The van der Waals surface area contributed by atoms with Gasteiger partial charge in [0.15, 0.2) is 0 Å². The third kappa shape index (κ3) is 4.79. The van der Waals surface area contributed by atoms with E-state index < -0.39 is 0 Å². The molecule has 0 amide bonds. The third-order valence-corrected chi connectivity index (χ3v) is 4.55. The van der Waals surface area contributed by atoms with Gasteiger partial charge in [-0.25, -0.2) is 0 Å². The minimum atomic E-state index is 0.703. The van der Waals surface area contributed by atoms with Gasteiger partial charge in [0.1, 0.15) is 23.9 Å². The Labute approximate surface area is 149 Å². The van der Waals surface area contributed by atoms with Crippen LogP contribution in [-0.2, 0) is 0 Å². The van der Waals surface area contributed by atoms with E-state index in [0.717, 1.165) is 50.0 Å². The molecule has 0 aliphatic carbocycles. The maximum absolute atomic E-state index is 5.82. The van der Waals surface area contributed by atoms with Gasteiger partial charge < -0.3 is 19.1 Å². The predicted molar refractivity (Wildman–Crippen MR) is 100 cm³/mol. The van der Waals surface area contributed by atoms with E-state index in [9.17, 15) is 0 Å². The second-order valence-corrected chi connectivity index (χ2v) is 6.05. The van der Waals surface area contributed by atoms with Crippen LogP contribution in [0.1, 0.15) is 0 Å². The van der Waals surface area contributed by atoms with Gasteiger partial charge in [0, 0.05) is 38.4 Å². The topological polar surface area (TPSA) is 34.2 Å². The van der Waals surface area contributed by atoms with E-state index >= 15 is 0 Å². The predicted octanol–water partition coefficient (Wildman–Crippen LogP) is 2.90. The fourth-order valence-electron chi connectivity index (χ4n) is 2.99. The average molecular weight is 342 g/mol. The van der Waals surface area contributed by atoms with Crippen molar-refractivity contribution in [2.75, 3.05) is 58.5 Å². The fourth-order valence-corrected chi connectivity index (χ4v) is 2.99. The van der Waals surface area contributed by atoms with Crippen molar-refractivity contribution in [2.24, 2.45) is 0 Å². The number of hydrogen-bond acceptors (Lipinski definition) is 5. The summed E-state index contributed by atoms with van der Waals surface area (Å²) in [6.45, 7) is 5.83. The van der Waals surface area contributed by atoms with E-state index in [1.54, 1.807) is 14.2 Å². The Kier molecular flexibility index (Phi) is 6.01. The van der Waals surface area contributed by atoms with Gasteiger partial charge in [-0.05, 0) is 48.5 Å². The first-order valence-electron chi connectivity index (χ1n) is 8.67. The highest BCUT2D eigenvalue weighted by atomic mass is 16.5. The van der Waals surface area contributed by atoms with Crippen LogP contribution in [0.25, 0.3) is 0 Å². The zero-order valence-corrected chi connectivity index (χ0v) is 15.0. The number of benzene rings is 2. The molecular formula is C20H26N2O3. The van der Waals surface area contributed by atoms with Gasteiger partial charge in [0.25, 0.3) is 0 Å². The van der Waals surface area contributed by atoms with Gasteiger partial charge in [0.2, 0.25) is 0 Å². The van der Waals surface area contributed by atoms with Crippen molar-refractivity contribution in [3.63, 3.8) is 0 Å². The Balaban J connectivity index is 1.39. The minimum absolute atomic E-state index is 0.703. The Morgan fingerprint density at radius 2 is 1.24 bits per heavy atom. The first kappa shape index (κ1) is 17.4. The molecule has 3 rings (SSSR count). The van der Waals surface area contributed by atoms with Gasteiger partial charge in [-0.15, -0.1) is 0 Å². The van der Waals surface area contributed by atoms with E-state index in [1.807, 2.05) is 36.4 Å². The first-order chi connectivity index (χ1) is 12.3. The third-order valence-electron chi connectivity index (χ3n) is 4.55. The summed E-state index contributed by atoms with van der Waals surface area (Å²) in [5.41, 5.74) is 1.26. The number of hydrogen-bond donors (Lipinski definition) is 0. The molecule has 1 fully saturated rings. The van der Waals surface area contributed by atoms with Crippen LogP contribution < -0.4 is 19.1 Å². The Morgan fingerprint density at radius 3 is 1.80 bits per heavy atom.